The minimum Gasteiger partial charge on any atom is -0.550 e. The van der Waals surface area contributed by atoms with E-state index in [9.17, 15) is 9.90 Å². The molecule has 3 nitrogen and oxygen atoms in total. The predicted molar refractivity (Wildman–Crippen MR) is 87.1 cm³/mol. The largest absolute Gasteiger partial charge is 0.550 e. The predicted octanol–water partition coefficient (Wildman–Crippen LogP) is 4.21. The van der Waals surface area contributed by atoms with Crippen LogP contribution in [0, 0.1) is 0 Å². The Morgan fingerprint density at radius 2 is 1.00 bits per heavy atom. The van der Waals surface area contributed by atoms with Crippen molar-refractivity contribution < 1.29 is 9.90 Å². The van der Waals surface area contributed by atoms with Crippen LogP contribution in [0.3, 0.4) is 0 Å². The van der Waals surface area contributed by atoms with Gasteiger partial charge in [0.25, 0.3) is 0 Å². The summed E-state index contributed by atoms with van der Waals surface area (Å²) in [6.07, 6.45) is 16.9. The van der Waals surface area contributed by atoms with Gasteiger partial charge in [0.05, 0.1) is 0 Å². The number of hydrogen-bond donors (Lipinski definition) is 1. The first kappa shape index (κ1) is 25.4. The molecule has 0 amide bonds. The molecule has 0 saturated heterocycles. The molecule has 0 fully saturated rings. The summed E-state index contributed by atoms with van der Waals surface area (Å²) in [6, 6.07) is 0. The summed E-state index contributed by atoms with van der Waals surface area (Å²) in [5.74, 6) is -0.905. The van der Waals surface area contributed by atoms with Crippen LogP contribution in [0.4, 0.5) is 0 Å². The van der Waals surface area contributed by atoms with E-state index >= 15 is 0 Å². The number of rotatable bonds is 14. The normalized spacial score (nSPS) is 9.65. The van der Waals surface area contributed by atoms with Crippen molar-refractivity contribution in [1.29, 1.82) is 0 Å². The molecule has 1 radical (unpaired) electrons. The van der Waals surface area contributed by atoms with E-state index < -0.39 is 5.97 Å². The van der Waals surface area contributed by atoms with Gasteiger partial charge in [0.2, 0.25) is 0 Å². The quantitative estimate of drug-likeness (QED) is 0.385. The fourth-order valence-corrected chi connectivity index (χ4v) is 2.29. The van der Waals surface area contributed by atoms with E-state index in [-0.39, 0.29) is 42.1 Å². The molecule has 0 heterocycles. The topological polar surface area (TPSA) is 76.6 Å². The summed E-state index contributed by atoms with van der Waals surface area (Å²) < 4.78 is 0. The Bertz CT molecular complexity index is 189. The molecule has 0 saturated carbocycles. The Labute approximate surface area is 148 Å². The van der Waals surface area contributed by atoms with Crippen LogP contribution in [0.5, 0.6) is 0 Å². The van der Waals surface area contributed by atoms with Gasteiger partial charge < -0.3 is 16.1 Å². The zero-order valence-corrected chi connectivity index (χ0v) is 16.2. The Kier molecular flexibility index (Phi) is 27.6. The number of carboxylic acids is 1. The molecule has 0 aromatic heterocycles. The van der Waals surface area contributed by atoms with Gasteiger partial charge in [-0.2, -0.15) is 0 Å². The van der Waals surface area contributed by atoms with Crippen LogP contribution in [-0.4, -0.2) is 35.5 Å². The molecule has 4 N–H and O–H groups in total. The Hall–Kier alpha value is 0.430. The Morgan fingerprint density at radius 1 is 0.700 bits per heavy atom. The molecule has 20 heavy (non-hydrogen) atoms. The zero-order chi connectivity index (χ0) is 13.5. The minimum atomic E-state index is -0.905. The van der Waals surface area contributed by atoms with Crippen molar-refractivity contribution in [1.82, 2.24) is 6.15 Å². The van der Waals surface area contributed by atoms with Gasteiger partial charge in [-0.3, -0.25) is 0 Å². The SMILES string of the molecule is CCCCCCCCCCCCCCCC(=O)[O-].[NH4+].[Na]. The molecule has 0 bridgehead atoms. The van der Waals surface area contributed by atoms with Crippen molar-refractivity contribution in [3.8, 4) is 0 Å². The van der Waals surface area contributed by atoms with Gasteiger partial charge in [-0.1, -0.05) is 84.0 Å². The third-order valence-electron chi connectivity index (χ3n) is 3.48. The maximum Gasteiger partial charge on any atom is 0.0414 e. The molecule has 0 rings (SSSR count). The second kappa shape index (κ2) is 21.7. The van der Waals surface area contributed by atoms with Crippen LogP contribution < -0.4 is 11.3 Å². The number of carbonyl (C=O) groups excluding carboxylic acids is 1. The van der Waals surface area contributed by atoms with Gasteiger partial charge in [-0.05, 0) is 12.8 Å². The molecule has 117 valence electrons. The van der Waals surface area contributed by atoms with Crippen LogP contribution in [-0.2, 0) is 4.79 Å². The van der Waals surface area contributed by atoms with E-state index in [0.717, 1.165) is 12.8 Å². The molecular weight excluding hydrogens is 261 g/mol. The third kappa shape index (κ3) is 23.5. The maximum absolute atomic E-state index is 10.2. The average Bonchev–Trinajstić information content (AvgIpc) is 2.34. The standard InChI is InChI=1S/C16H32O2.H3N.Na/c1-2-3-4-5-6-7-8-9-10-11-12-13-14-15-16(17)18;;/h2-15H2,1H3,(H,17,18);1H3;. The molecule has 0 aliphatic rings. The van der Waals surface area contributed by atoms with Crippen molar-refractivity contribution in [2.24, 2.45) is 0 Å². The number of hydrogen-bond acceptors (Lipinski definition) is 2. The molecule has 0 unspecified atom stereocenters. The van der Waals surface area contributed by atoms with Crippen molar-refractivity contribution in [2.45, 2.75) is 96.8 Å². The minimum absolute atomic E-state index is 0. The molecule has 0 atom stereocenters. The Balaban J connectivity index is -0.00000144. The molecule has 0 aliphatic carbocycles. The van der Waals surface area contributed by atoms with Crippen LogP contribution in [0.2, 0.25) is 0 Å². The van der Waals surface area contributed by atoms with Crippen LogP contribution in [0.1, 0.15) is 96.8 Å². The van der Waals surface area contributed by atoms with Gasteiger partial charge in [0, 0.05) is 35.5 Å². The van der Waals surface area contributed by atoms with E-state index in [0.29, 0.717) is 0 Å². The monoisotopic (exact) mass is 296 g/mol. The van der Waals surface area contributed by atoms with Gasteiger partial charge in [0.15, 0.2) is 0 Å². The molecule has 0 spiro atoms. The maximum atomic E-state index is 10.2. The van der Waals surface area contributed by atoms with Crippen molar-refractivity contribution in [3.05, 3.63) is 0 Å². The van der Waals surface area contributed by atoms with Gasteiger partial charge in [-0.25, -0.2) is 0 Å². The first-order chi connectivity index (χ1) is 8.77. The number of quaternary nitrogens is 1. The van der Waals surface area contributed by atoms with E-state index in [1.165, 1.54) is 70.6 Å². The van der Waals surface area contributed by atoms with Crippen molar-refractivity contribution in [2.75, 3.05) is 0 Å². The van der Waals surface area contributed by atoms with Gasteiger partial charge >= 0.3 is 0 Å². The van der Waals surface area contributed by atoms with E-state index in [1.54, 1.807) is 0 Å². The van der Waals surface area contributed by atoms with Gasteiger partial charge in [-0.15, -0.1) is 0 Å². The molecule has 0 aliphatic heterocycles. The Morgan fingerprint density at radius 3 is 1.30 bits per heavy atom. The van der Waals surface area contributed by atoms with Crippen molar-refractivity contribution in [3.63, 3.8) is 0 Å². The molecule has 4 heteroatoms. The first-order valence-corrected chi connectivity index (χ1v) is 7.97. The number of unbranched alkanes of at least 4 members (excludes halogenated alkanes) is 12. The van der Waals surface area contributed by atoms with Crippen LogP contribution in [0.15, 0.2) is 0 Å². The third-order valence-corrected chi connectivity index (χ3v) is 3.48. The number of carboxylic acid groups (broad SMARTS) is 1. The summed E-state index contributed by atoms with van der Waals surface area (Å²) in [7, 11) is 0. The molecular formula is C16H35NNaO2. The summed E-state index contributed by atoms with van der Waals surface area (Å²) in [5, 5.41) is 10.2. The molecule has 0 aromatic rings. The summed E-state index contributed by atoms with van der Waals surface area (Å²) in [5.41, 5.74) is 0. The summed E-state index contributed by atoms with van der Waals surface area (Å²) in [4.78, 5) is 10.2. The van der Waals surface area contributed by atoms with E-state index in [1.807, 2.05) is 0 Å². The van der Waals surface area contributed by atoms with Crippen molar-refractivity contribution >= 4 is 35.5 Å². The number of aliphatic carboxylic acids is 1. The smallest absolute Gasteiger partial charge is 0.0414 e. The fourth-order valence-electron chi connectivity index (χ4n) is 2.29. The first-order valence-electron chi connectivity index (χ1n) is 7.97. The van der Waals surface area contributed by atoms with Gasteiger partial charge in [0.1, 0.15) is 0 Å². The van der Waals surface area contributed by atoms with E-state index in [2.05, 4.69) is 6.92 Å². The summed E-state index contributed by atoms with van der Waals surface area (Å²) in [6.45, 7) is 2.26. The summed E-state index contributed by atoms with van der Waals surface area (Å²) >= 11 is 0. The second-order valence-corrected chi connectivity index (χ2v) is 5.36. The molecule has 0 aromatic carbocycles. The zero-order valence-electron chi connectivity index (χ0n) is 14.2. The number of carbonyl (C=O) groups is 1. The fraction of sp³-hybridized carbons (Fsp3) is 0.938. The average molecular weight is 296 g/mol. The second-order valence-electron chi connectivity index (χ2n) is 5.36. The van der Waals surface area contributed by atoms with E-state index in [4.69, 9.17) is 0 Å². The van der Waals surface area contributed by atoms with Crippen LogP contribution >= 0.6 is 0 Å². The van der Waals surface area contributed by atoms with Crippen LogP contribution in [0.25, 0.3) is 0 Å².